The van der Waals surface area contributed by atoms with Gasteiger partial charge < -0.3 is 4.90 Å². The molecule has 1 aliphatic carbocycles. The van der Waals surface area contributed by atoms with E-state index in [1.165, 1.54) is 44.2 Å². The minimum absolute atomic E-state index is 0.186. The van der Waals surface area contributed by atoms with Crippen LogP contribution in [0.3, 0.4) is 0 Å². The van der Waals surface area contributed by atoms with Crippen LogP contribution in [0.15, 0.2) is 54.6 Å². The Labute approximate surface area is 203 Å². The summed E-state index contributed by atoms with van der Waals surface area (Å²) in [6, 6.07) is 17.6. The summed E-state index contributed by atoms with van der Waals surface area (Å²) >= 11 is 0. The van der Waals surface area contributed by atoms with Gasteiger partial charge in [0.15, 0.2) is 0 Å². The van der Waals surface area contributed by atoms with Crippen LogP contribution < -0.4 is 9.91 Å². The van der Waals surface area contributed by atoms with Crippen LogP contribution in [0, 0.1) is 11.7 Å². The van der Waals surface area contributed by atoms with Crippen molar-refractivity contribution in [2.75, 3.05) is 49.2 Å². The molecule has 1 amide bonds. The lowest BCUT2D eigenvalue weighted by Gasteiger charge is -2.39. The minimum atomic E-state index is -0.186. The Balaban J connectivity index is 1.17. The lowest BCUT2D eigenvalue weighted by atomic mass is 9.83. The highest BCUT2D eigenvalue weighted by Gasteiger charge is 2.42. The molecule has 34 heavy (non-hydrogen) atoms. The number of hydrogen-bond acceptors (Lipinski definition) is 4. The third kappa shape index (κ3) is 5.22. The number of anilines is 2. The van der Waals surface area contributed by atoms with Crippen LogP contribution in [-0.2, 0) is 4.79 Å². The Morgan fingerprint density at radius 2 is 1.50 bits per heavy atom. The number of carbonyl (C=O) groups is 1. The van der Waals surface area contributed by atoms with Crippen molar-refractivity contribution in [3.8, 4) is 0 Å². The number of hydrazine groups is 1. The summed E-state index contributed by atoms with van der Waals surface area (Å²) < 4.78 is 13.2. The smallest absolute Gasteiger partial charge is 0.243 e. The lowest BCUT2D eigenvalue weighted by molar-refractivity contribution is -0.128. The molecule has 0 bridgehead atoms. The molecule has 2 aliphatic heterocycles. The van der Waals surface area contributed by atoms with Gasteiger partial charge in [-0.1, -0.05) is 37.5 Å². The summed E-state index contributed by atoms with van der Waals surface area (Å²) in [6.07, 6.45) is 8.03. The van der Waals surface area contributed by atoms with Crippen molar-refractivity contribution in [2.24, 2.45) is 5.92 Å². The van der Waals surface area contributed by atoms with Gasteiger partial charge >= 0.3 is 0 Å². The Kier molecular flexibility index (Phi) is 7.33. The summed E-state index contributed by atoms with van der Waals surface area (Å²) in [5, 5.41) is 4.38. The molecule has 1 saturated carbocycles. The molecule has 0 radical (unpaired) electrons. The molecule has 2 saturated heterocycles. The topological polar surface area (TPSA) is 30.0 Å². The van der Waals surface area contributed by atoms with Crippen molar-refractivity contribution in [1.29, 1.82) is 0 Å². The second-order valence-electron chi connectivity index (χ2n) is 10.0. The predicted octanol–water partition coefficient (Wildman–Crippen LogP) is 4.94. The molecule has 182 valence electrons. The molecule has 2 aromatic carbocycles. The second kappa shape index (κ2) is 10.8. The van der Waals surface area contributed by atoms with Gasteiger partial charge in [-0.25, -0.2) is 4.39 Å². The zero-order chi connectivity index (χ0) is 23.3. The van der Waals surface area contributed by atoms with Crippen LogP contribution >= 0.6 is 0 Å². The van der Waals surface area contributed by atoms with Gasteiger partial charge in [0.25, 0.3) is 0 Å². The van der Waals surface area contributed by atoms with Crippen LogP contribution in [0.25, 0.3) is 0 Å². The van der Waals surface area contributed by atoms with Gasteiger partial charge in [-0.05, 0) is 61.6 Å². The van der Waals surface area contributed by atoms with E-state index >= 15 is 0 Å². The van der Waals surface area contributed by atoms with Crippen LogP contribution in [0.1, 0.15) is 44.9 Å². The summed E-state index contributed by atoms with van der Waals surface area (Å²) in [6.45, 7) is 5.67. The van der Waals surface area contributed by atoms with E-state index in [0.29, 0.717) is 18.4 Å². The normalized spacial score (nSPS) is 22.6. The lowest BCUT2D eigenvalue weighted by Crippen LogP contribution is -2.48. The van der Waals surface area contributed by atoms with Gasteiger partial charge in [-0.15, -0.1) is 0 Å². The molecule has 2 aromatic rings. The number of nitrogens with zero attached hydrogens (tertiary/aromatic N) is 4. The average Bonchev–Trinajstić information content (AvgIpc) is 3.22. The van der Waals surface area contributed by atoms with Gasteiger partial charge in [-0.2, -0.15) is 0 Å². The molecule has 5 rings (SSSR count). The largest absolute Gasteiger partial charge is 0.369 e. The van der Waals surface area contributed by atoms with E-state index in [9.17, 15) is 9.18 Å². The van der Waals surface area contributed by atoms with Crippen molar-refractivity contribution in [3.05, 3.63) is 60.4 Å². The maximum absolute atomic E-state index is 13.2. The monoisotopic (exact) mass is 464 g/mol. The van der Waals surface area contributed by atoms with E-state index in [1.54, 1.807) is 0 Å². The highest BCUT2D eigenvalue weighted by molar-refractivity contribution is 5.83. The first-order valence-electron chi connectivity index (χ1n) is 13.1. The predicted molar refractivity (Wildman–Crippen MR) is 135 cm³/mol. The molecule has 0 aromatic heterocycles. The van der Waals surface area contributed by atoms with Gasteiger partial charge in [0.2, 0.25) is 5.91 Å². The van der Waals surface area contributed by atoms with E-state index in [4.69, 9.17) is 0 Å². The summed E-state index contributed by atoms with van der Waals surface area (Å²) in [4.78, 5) is 18.0. The van der Waals surface area contributed by atoms with Crippen molar-refractivity contribution >= 4 is 17.3 Å². The van der Waals surface area contributed by atoms with E-state index < -0.39 is 0 Å². The minimum Gasteiger partial charge on any atom is -0.369 e. The maximum Gasteiger partial charge on any atom is 0.243 e. The average molecular weight is 465 g/mol. The molecule has 6 heteroatoms. The second-order valence-corrected chi connectivity index (χ2v) is 10.0. The number of carbonyl (C=O) groups excluding carboxylic acids is 1. The first-order chi connectivity index (χ1) is 16.7. The number of amides is 1. The summed E-state index contributed by atoms with van der Waals surface area (Å²) in [5.41, 5.74) is 2.24. The Morgan fingerprint density at radius 3 is 2.21 bits per heavy atom. The fourth-order valence-corrected chi connectivity index (χ4v) is 6.02. The highest BCUT2D eigenvalue weighted by Crippen LogP contribution is 2.37. The molecule has 0 N–H and O–H groups in total. The molecule has 3 aliphatic rings. The van der Waals surface area contributed by atoms with Crippen LogP contribution in [0.4, 0.5) is 15.8 Å². The first kappa shape index (κ1) is 23.2. The molecule has 1 unspecified atom stereocenters. The van der Waals surface area contributed by atoms with Gasteiger partial charge in [0, 0.05) is 45.0 Å². The summed E-state index contributed by atoms with van der Waals surface area (Å²) in [5.74, 6) is 0.706. The Morgan fingerprint density at radius 1 is 0.794 bits per heavy atom. The fraction of sp³-hybridized carbons (Fsp3) is 0.536. The molecular weight excluding hydrogens is 427 g/mol. The van der Waals surface area contributed by atoms with E-state index in [0.717, 1.165) is 57.1 Å². The number of piperazine rings is 1. The number of rotatable bonds is 7. The highest BCUT2D eigenvalue weighted by atomic mass is 19.1. The quantitative estimate of drug-likeness (QED) is 0.581. The van der Waals surface area contributed by atoms with Crippen LogP contribution in [0.2, 0.25) is 0 Å². The zero-order valence-corrected chi connectivity index (χ0v) is 20.1. The van der Waals surface area contributed by atoms with Crippen molar-refractivity contribution in [2.45, 2.75) is 51.0 Å². The number of benzene rings is 2. The molecule has 1 atom stereocenters. The molecule has 3 fully saturated rings. The van der Waals surface area contributed by atoms with Gasteiger partial charge in [0.1, 0.15) is 5.82 Å². The van der Waals surface area contributed by atoms with Crippen molar-refractivity contribution < 1.29 is 9.18 Å². The standard InChI is InChI=1S/C28H37FN4O/c29-24-12-14-25(15-13-24)31-20-18-30(19-21-31)16-7-17-32-28(34)22-27(23-8-3-1-4-9-23)33(32)26-10-5-2-6-11-26/h2,5-6,10-15,23,27H,1,3-4,7-9,16-22H2. The fourth-order valence-electron chi connectivity index (χ4n) is 6.02. The molecule has 2 heterocycles. The number of para-hydroxylation sites is 1. The SMILES string of the molecule is O=C1CC(C2CCCCC2)N(c2ccccc2)N1CCCN1CCN(c2ccc(F)cc2)CC1. The molecular formula is C28H37FN4O. The van der Waals surface area contributed by atoms with Crippen LogP contribution in [-0.4, -0.2) is 61.1 Å². The van der Waals surface area contributed by atoms with Crippen molar-refractivity contribution in [1.82, 2.24) is 9.91 Å². The molecule has 0 spiro atoms. The zero-order valence-electron chi connectivity index (χ0n) is 20.1. The molecule has 5 nitrogen and oxygen atoms in total. The number of halogens is 1. The number of hydrogen-bond donors (Lipinski definition) is 0. The summed E-state index contributed by atoms with van der Waals surface area (Å²) in [7, 11) is 0. The van der Waals surface area contributed by atoms with Crippen LogP contribution in [0.5, 0.6) is 0 Å². The first-order valence-corrected chi connectivity index (χ1v) is 13.1. The van der Waals surface area contributed by atoms with E-state index in [-0.39, 0.29) is 11.7 Å². The van der Waals surface area contributed by atoms with E-state index in [1.807, 2.05) is 23.2 Å². The third-order valence-corrected chi connectivity index (χ3v) is 7.87. The van der Waals surface area contributed by atoms with Crippen molar-refractivity contribution in [3.63, 3.8) is 0 Å². The van der Waals surface area contributed by atoms with Gasteiger partial charge in [-0.3, -0.25) is 19.7 Å². The Hall–Kier alpha value is -2.60. The maximum atomic E-state index is 13.2. The van der Waals surface area contributed by atoms with E-state index in [2.05, 4.69) is 39.1 Å². The van der Waals surface area contributed by atoms with Gasteiger partial charge in [0.05, 0.1) is 18.2 Å². The Bertz CT molecular complexity index is 923. The third-order valence-electron chi connectivity index (χ3n) is 7.87.